The lowest BCUT2D eigenvalue weighted by Gasteiger charge is -2.02. The van der Waals surface area contributed by atoms with Crippen LogP contribution in [0.15, 0.2) is 12.1 Å². The second kappa shape index (κ2) is 4.29. The molecule has 1 aromatic rings. The molecule has 0 saturated heterocycles. The molecule has 1 heterocycles. The zero-order valence-corrected chi connectivity index (χ0v) is 7.04. The van der Waals surface area contributed by atoms with Crippen LogP contribution in [0.2, 0.25) is 0 Å². The zero-order chi connectivity index (χ0) is 10.6. The molecule has 0 aliphatic rings. The third-order valence-electron chi connectivity index (χ3n) is 1.59. The fraction of sp³-hybridized carbons (Fsp3) is 0.222. The second-order valence-corrected chi connectivity index (χ2v) is 2.49. The summed E-state index contributed by atoms with van der Waals surface area (Å²) in [4.78, 5) is 3.64. The first-order chi connectivity index (χ1) is 6.69. The molecular weight excluding hydrogens is 188 g/mol. The maximum atomic E-state index is 12.3. The maximum absolute atomic E-state index is 12.3. The van der Waals surface area contributed by atoms with E-state index < -0.39 is 12.0 Å². The number of pyridine rings is 1. The van der Waals surface area contributed by atoms with Crippen LogP contribution in [0.5, 0.6) is 0 Å². The van der Waals surface area contributed by atoms with E-state index in [1.54, 1.807) is 6.07 Å². The van der Waals surface area contributed by atoms with Crippen molar-refractivity contribution in [1.29, 1.82) is 10.5 Å². The molecule has 0 unspecified atom stereocenters. The largest absolute Gasteiger partial charge is 0.266 e. The van der Waals surface area contributed by atoms with Gasteiger partial charge in [0.15, 0.2) is 0 Å². The van der Waals surface area contributed by atoms with Gasteiger partial charge in [-0.15, -0.1) is 0 Å². The molecule has 14 heavy (non-hydrogen) atoms. The molecule has 1 rings (SSSR count). The molecule has 0 N–H and O–H groups in total. The molecule has 0 fully saturated rings. The van der Waals surface area contributed by atoms with Crippen LogP contribution in [0.4, 0.5) is 8.78 Å². The number of nitrogens with zero attached hydrogens (tertiary/aromatic N) is 3. The average Bonchev–Trinajstić information content (AvgIpc) is 2.17. The summed E-state index contributed by atoms with van der Waals surface area (Å²) >= 11 is 0. The molecule has 0 aliphatic carbocycles. The highest BCUT2D eigenvalue weighted by Gasteiger charge is 2.14. The summed E-state index contributed by atoms with van der Waals surface area (Å²) in [6.07, 6.45) is -2.70. The van der Waals surface area contributed by atoms with Crippen molar-refractivity contribution in [3.63, 3.8) is 0 Å². The summed E-state index contributed by atoms with van der Waals surface area (Å²) in [7, 11) is 0. The Labute approximate surface area is 79.2 Å². The van der Waals surface area contributed by atoms with Crippen LogP contribution in [-0.4, -0.2) is 4.98 Å². The fourth-order valence-corrected chi connectivity index (χ4v) is 0.955. The molecule has 3 nitrogen and oxygen atoms in total. The quantitative estimate of drug-likeness (QED) is 0.721. The van der Waals surface area contributed by atoms with Crippen LogP contribution >= 0.6 is 0 Å². The van der Waals surface area contributed by atoms with E-state index in [-0.39, 0.29) is 12.1 Å². The second-order valence-electron chi connectivity index (χ2n) is 2.49. The normalized spacial score (nSPS) is 9.50. The highest BCUT2D eigenvalue weighted by molar-refractivity contribution is 5.33. The molecule has 0 atom stereocenters. The highest BCUT2D eigenvalue weighted by Crippen LogP contribution is 2.21. The van der Waals surface area contributed by atoms with Gasteiger partial charge >= 0.3 is 0 Å². The van der Waals surface area contributed by atoms with E-state index in [1.165, 1.54) is 6.07 Å². The Morgan fingerprint density at radius 2 is 2.07 bits per heavy atom. The lowest BCUT2D eigenvalue weighted by molar-refractivity contribution is 0.150. The number of aromatic nitrogens is 1. The van der Waals surface area contributed by atoms with Crippen molar-refractivity contribution in [2.24, 2.45) is 0 Å². The van der Waals surface area contributed by atoms with E-state index >= 15 is 0 Å². The summed E-state index contributed by atoms with van der Waals surface area (Å²) in [5.41, 5.74) is -0.379. The minimum absolute atomic E-state index is 0.0121. The Kier molecular flexibility index (Phi) is 3.09. The molecule has 0 amide bonds. The lowest BCUT2D eigenvalue weighted by Crippen LogP contribution is -1.98. The number of nitriles is 2. The van der Waals surface area contributed by atoms with Crippen molar-refractivity contribution in [1.82, 2.24) is 4.98 Å². The van der Waals surface area contributed by atoms with Crippen LogP contribution in [0.3, 0.4) is 0 Å². The zero-order valence-electron chi connectivity index (χ0n) is 7.04. The monoisotopic (exact) mass is 193 g/mol. The van der Waals surface area contributed by atoms with E-state index in [1.807, 2.05) is 6.07 Å². The Hall–Kier alpha value is -2.01. The minimum atomic E-state index is -2.71. The lowest BCUT2D eigenvalue weighted by atomic mass is 10.1. The van der Waals surface area contributed by atoms with Crippen molar-refractivity contribution in [2.45, 2.75) is 12.8 Å². The van der Waals surface area contributed by atoms with Gasteiger partial charge in [-0.3, -0.25) is 0 Å². The maximum Gasteiger partial charge on any atom is 0.266 e. The minimum Gasteiger partial charge on any atom is -0.241 e. The first-order valence-corrected chi connectivity index (χ1v) is 3.74. The van der Waals surface area contributed by atoms with Gasteiger partial charge in [-0.2, -0.15) is 10.5 Å². The van der Waals surface area contributed by atoms with E-state index in [0.717, 1.165) is 6.07 Å². The summed E-state index contributed by atoms with van der Waals surface area (Å²) in [5, 5.41) is 16.9. The predicted molar refractivity (Wildman–Crippen MR) is 43.2 cm³/mol. The van der Waals surface area contributed by atoms with Gasteiger partial charge in [-0.05, 0) is 12.1 Å². The van der Waals surface area contributed by atoms with Crippen molar-refractivity contribution in [2.75, 3.05) is 0 Å². The van der Waals surface area contributed by atoms with E-state index in [2.05, 4.69) is 4.98 Å². The van der Waals surface area contributed by atoms with Gasteiger partial charge in [0.05, 0.1) is 23.7 Å². The third kappa shape index (κ3) is 2.02. The van der Waals surface area contributed by atoms with Crippen LogP contribution in [0.1, 0.15) is 23.4 Å². The van der Waals surface area contributed by atoms with E-state index in [0.29, 0.717) is 5.69 Å². The van der Waals surface area contributed by atoms with Gasteiger partial charge in [-0.1, -0.05) is 0 Å². The molecule has 1 aromatic heterocycles. The average molecular weight is 193 g/mol. The van der Waals surface area contributed by atoms with Gasteiger partial charge in [0.1, 0.15) is 11.8 Å². The molecule has 0 bridgehead atoms. The molecule has 5 heteroatoms. The highest BCUT2D eigenvalue weighted by atomic mass is 19.3. The van der Waals surface area contributed by atoms with Crippen molar-refractivity contribution in [3.8, 4) is 12.1 Å². The van der Waals surface area contributed by atoms with Crippen LogP contribution in [0.25, 0.3) is 0 Å². The third-order valence-corrected chi connectivity index (χ3v) is 1.59. The van der Waals surface area contributed by atoms with Gasteiger partial charge in [-0.25, -0.2) is 13.8 Å². The van der Waals surface area contributed by atoms with Crippen molar-refractivity contribution in [3.05, 3.63) is 29.1 Å². The molecule has 0 aliphatic heterocycles. The van der Waals surface area contributed by atoms with Crippen LogP contribution in [-0.2, 0) is 6.42 Å². The molecule has 70 valence electrons. The Balaban J connectivity index is 3.15. The number of hydrogen-bond donors (Lipinski definition) is 0. The molecule has 0 spiro atoms. The molecular formula is C9H5F2N3. The van der Waals surface area contributed by atoms with E-state index in [4.69, 9.17) is 10.5 Å². The topological polar surface area (TPSA) is 60.5 Å². The first kappa shape index (κ1) is 10.1. The van der Waals surface area contributed by atoms with Gasteiger partial charge < -0.3 is 0 Å². The number of hydrogen-bond acceptors (Lipinski definition) is 3. The molecule has 0 radical (unpaired) electrons. The Morgan fingerprint density at radius 3 is 2.57 bits per heavy atom. The van der Waals surface area contributed by atoms with E-state index in [9.17, 15) is 8.78 Å². The number of halogens is 2. The SMILES string of the molecule is N#CCc1ccc(C(F)F)c(C#N)n1. The predicted octanol–water partition coefficient (Wildman–Crippen LogP) is 1.96. The Morgan fingerprint density at radius 1 is 1.36 bits per heavy atom. The summed E-state index contributed by atoms with van der Waals surface area (Å²) < 4.78 is 24.6. The van der Waals surface area contributed by atoms with Gasteiger partial charge in [0.25, 0.3) is 6.43 Å². The first-order valence-electron chi connectivity index (χ1n) is 3.74. The van der Waals surface area contributed by atoms with Crippen LogP contribution < -0.4 is 0 Å². The van der Waals surface area contributed by atoms with Crippen molar-refractivity contribution < 1.29 is 8.78 Å². The van der Waals surface area contributed by atoms with Gasteiger partial charge in [0, 0.05) is 0 Å². The smallest absolute Gasteiger partial charge is 0.241 e. The fourth-order valence-electron chi connectivity index (χ4n) is 0.955. The number of rotatable bonds is 2. The summed E-state index contributed by atoms with van der Waals surface area (Å²) in [6, 6.07) is 5.85. The molecule has 0 saturated carbocycles. The summed E-state index contributed by atoms with van der Waals surface area (Å²) in [5.74, 6) is 0. The van der Waals surface area contributed by atoms with Gasteiger partial charge in [0.2, 0.25) is 0 Å². The Bertz CT molecular complexity index is 415. The standard InChI is InChI=1S/C9H5F2N3/c10-9(11)7-2-1-6(3-4-12)14-8(7)5-13/h1-2,9H,3H2. The summed E-state index contributed by atoms with van der Waals surface area (Å²) in [6.45, 7) is 0. The number of alkyl halides is 2. The molecule has 0 aromatic carbocycles. The van der Waals surface area contributed by atoms with Crippen molar-refractivity contribution >= 4 is 0 Å². The van der Waals surface area contributed by atoms with Crippen LogP contribution in [0, 0.1) is 22.7 Å².